The van der Waals surface area contributed by atoms with Crippen LogP contribution >= 0.6 is 0 Å². The van der Waals surface area contributed by atoms with E-state index in [1.54, 1.807) is 12.1 Å². The number of hydrogen-bond acceptors (Lipinski definition) is 5. The summed E-state index contributed by atoms with van der Waals surface area (Å²) in [4.78, 5) is 4.73. The summed E-state index contributed by atoms with van der Waals surface area (Å²) in [6.07, 6.45) is -4.38. The molecule has 0 bridgehead atoms. The second-order valence-electron chi connectivity index (χ2n) is 34.9. The first-order valence-corrected chi connectivity index (χ1v) is 44.8. The first-order chi connectivity index (χ1) is 64.8. The lowest BCUT2D eigenvalue weighted by atomic mass is 9.85. The zero-order valence-corrected chi connectivity index (χ0v) is 72.2. The Hall–Kier alpha value is -16.8. The number of aryl methyl sites for hydroxylation is 3. The molecule has 0 aliphatic heterocycles. The lowest BCUT2D eigenvalue weighted by Crippen LogP contribution is -2.11. The lowest BCUT2D eigenvalue weighted by Gasteiger charge is -2.29. The van der Waals surface area contributed by atoms with Crippen LogP contribution in [-0.2, 0) is 6.18 Å². The quantitative estimate of drug-likeness (QED) is 0.121. The van der Waals surface area contributed by atoms with Crippen molar-refractivity contribution in [2.24, 2.45) is 0 Å². The number of para-hydroxylation sites is 5. The standard InChI is InChI=1S/C46H29NO.C42H29NO.C36H21F3O/c1-4-12-30(13-5-1)40-29-41(31-20-23-35(24-21-31)47(33-14-6-2-7-15-33)34-16-8-3-9-17-34)38-26-27-39-44-32(22-25-37(40)45(38)44)28-42-36-18-10-11-19-43(36)48-46(39)42;1-26-10-8-14-30(22-26)43(31-15-9-11-27(2)23-31)38-25-36(28-12-4-3-5-13-28)33-20-21-35-40-29(18-19-34(38)41(33)40)24-37-32-16-6-7-17-39(32)44-42(35)37;1-20-6-8-21(9-7-20)29-19-30(22-10-13-24(14-11-22)36(37,38)39)27-16-17-28-33-23(12-15-26(29)34(27)33)18-31-25-4-2-3-5-32(25)40-35(28)31/h1-29H;3-25H,1-2H3;2-19H,1H3. The van der Waals surface area contributed by atoms with Gasteiger partial charge in [-0.15, -0.1) is 0 Å². The number of fused-ring (bicyclic) bond motifs is 12. The minimum Gasteiger partial charge on any atom is -0.455 e. The molecule has 132 heavy (non-hydrogen) atoms. The zero-order valence-electron chi connectivity index (χ0n) is 72.2. The molecule has 0 radical (unpaired) electrons. The van der Waals surface area contributed by atoms with E-state index in [1.165, 1.54) is 98.4 Å². The number of halogens is 3. The van der Waals surface area contributed by atoms with E-state index in [4.69, 9.17) is 13.3 Å². The normalized spacial score (nSPS) is 12.0. The minimum atomic E-state index is -4.38. The molecular weight excluding hydrogens is 1620 g/mol. The van der Waals surface area contributed by atoms with Gasteiger partial charge in [0.05, 0.1) is 11.3 Å². The predicted molar refractivity (Wildman–Crippen MR) is 548 cm³/mol. The molecule has 0 saturated heterocycles. The van der Waals surface area contributed by atoms with Gasteiger partial charge in [0, 0.05) is 104 Å². The molecular formula is C124H79F3N2O3. The van der Waals surface area contributed by atoms with E-state index < -0.39 is 11.7 Å². The van der Waals surface area contributed by atoms with E-state index in [1.807, 2.05) is 30.3 Å². The maximum absolute atomic E-state index is 13.4. The van der Waals surface area contributed by atoms with E-state index in [9.17, 15) is 13.2 Å². The fourth-order valence-electron chi connectivity index (χ4n) is 21.0. The van der Waals surface area contributed by atoms with Crippen molar-refractivity contribution in [1.29, 1.82) is 0 Å². The third-order valence-corrected chi connectivity index (χ3v) is 27.0. The van der Waals surface area contributed by atoms with Gasteiger partial charge in [0.2, 0.25) is 0 Å². The Bertz CT molecular complexity index is 9120. The molecule has 5 nitrogen and oxygen atoms in total. The van der Waals surface area contributed by atoms with Gasteiger partial charge in [0.1, 0.15) is 33.5 Å². The van der Waals surface area contributed by atoms with Gasteiger partial charge in [0.15, 0.2) is 0 Å². The topological polar surface area (TPSA) is 45.9 Å². The molecule has 0 saturated carbocycles. The van der Waals surface area contributed by atoms with Gasteiger partial charge in [0.25, 0.3) is 0 Å². The van der Waals surface area contributed by atoms with Crippen LogP contribution in [0.4, 0.5) is 47.3 Å². The van der Waals surface area contributed by atoms with Crippen LogP contribution in [-0.4, -0.2) is 0 Å². The summed E-state index contributed by atoms with van der Waals surface area (Å²) >= 11 is 0. The highest BCUT2D eigenvalue weighted by Gasteiger charge is 2.32. The van der Waals surface area contributed by atoms with Gasteiger partial charge < -0.3 is 23.1 Å². The Morgan fingerprint density at radius 3 is 0.886 bits per heavy atom. The smallest absolute Gasteiger partial charge is 0.416 e. The predicted octanol–water partition coefficient (Wildman–Crippen LogP) is 36.7. The Morgan fingerprint density at radius 2 is 0.500 bits per heavy atom. The van der Waals surface area contributed by atoms with Crippen molar-refractivity contribution >= 4 is 197 Å². The molecule has 3 aromatic heterocycles. The molecule has 0 aliphatic rings. The van der Waals surface area contributed by atoms with Crippen LogP contribution in [0, 0.1) is 20.8 Å². The van der Waals surface area contributed by atoms with Crippen molar-refractivity contribution in [3.8, 4) is 55.6 Å². The van der Waals surface area contributed by atoms with Crippen molar-refractivity contribution in [2.45, 2.75) is 26.9 Å². The second-order valence-corrected chi connectivity index (χ2v) is 34.9. The molecule has 0 spiro atoms. The molecule has 24 aromatic carbocycles. The third kappa shape index (κ3) is 12.8. The number of benzene rings is 24. The van der Waals surface area contributed by atoms with Crippen LogP contribution in [0.5, 0.6) is 0 Å². The fourth-order valence-corrected chi connectivity index (χ4v) is 21.0. The minimum absolute atomic E-state index is 0.653. The molecule has 8 heteroatoms. The van der Waals surface area contributed by atoms with Gasteiger partial charge in [-0.1, -0.05) is 285 Å². The molecule has 624 valence electrons. The first-order valence-electron chi connectivity index (χ1n) is 44.8. The molecule has 3 heterocycles. The number of hydrogen-bond donors (Lipinski definition) is 0. The van der Waals surface area contributed by atoms with Gasteiger partial charge in [-0.2, -0.15) is 13.2 Å². The van der Waals surface area contributed by atoms with Crippen LogP contribution in [0.15, 0.2) is 438 Å². The fraction of sp³-hybridized carbons (Fsp3) is 0.0323. The number of nitrogens with zero attached hydrogens (tertiary/aromatic N) is 2. The SMILES string of the molecule is Cc1ccc(-c2cc(-c3ccc(C(F)(F)F)cc3)c3ccc4c5oc6ccccc6c5cc5ccc2c3c54)cc1.Cc1cccc(N(c2cccc(C)c2)c2cc(-c3ccccc3)c3ccc4c5oc6ccccc6c5cc5ccc2c3c54)c1.c1ccc(-c2cc(-c3ccc(N(c4ccccc4)c4ccccc4)cc3)c3ccc4c5oc6ccccc6c5cc5ccc2c3c54)cc1. The summed E-state index contributed by atoms with van der Waals surface area (Å²) in [6, 6.07) is 149. The van der Waals surface area contributed by atoms with Gasteiger partial charge in [-0.05, 0) is 287 Å². The monoisotopic (exact) mass is 1700 g/mol. The van der Waals surface area contributed by atoms with Gasteiger partial charge in [-0.25, -0.2) is 0 Å². The number of rotatable bonds is 11. The van der Waals surface area contributed by atoms with Crippen LogP contribution in [0.25, 0.3) is 218 Å². The highest BCUT2D eigenvalue weighted by Crippen LogP contribution is 2.54. The summed E-state index contributed by atoms with van der Waals surface area (Å²) < 4.78 is 59.6. The molecule has 0 unspecified atom stereocenters. The second kappa shape index (κ2) is 30.7. The molecule has 27 aromatic rings. The van der Waals surface area contributed by atoms with Crippen molar-refractivity contribution < 1.29 is 26.4 Å². The zero-order chi connectivity index (χ0) is 88.1. The van der Waals surface area contributed by atoms with E-state index in [2.05, 4.69) is 401 Å². The molecule has 0 N–H and O–H groups in total. The van der Waals surface area contributed by atoms with E-state index in [0.717, 1.165) is 183 Å². The van der Waals surface area contributed by atoms with Crippen LogP contribution in [0.3, 0.4) is 0 Å². The Morgan fingerprint density at radius 1 is 0.197 bits per heavy atom. The van der Waals surface area contributed by atoms with E-state index in [-0.39, 0.29) is 0 Å². The highest BCUT2D eigenvalue weighted by atomic mass is 19.4. The van der Waals surface area contributed by atoms with Crippen molar-refractivity contribution in [3.63, 3.8) is 0 Å². The lowest BCUT2D eigenvalue weighted by molar-refractivity contribution is -0.137. The van der Waals surface area contributed by atoms with Crippen LogP contribution in [0.1, 0.15) is 22.3 Å². The van der Waals surface area contributed by atoms with Crippen LogP contribution in [0.2, 0.25) is 0 Å². The molecule has 0 atom stereocenters. The average molecular weight is 1700 g/mol. The maximum atomic E-state index is 13.4. The van der Waals surface area contributed by atoms with Crippen molar-refractivity contribution in [1.82, 2.24) is 0 Å². The third-order valence-electron chi connectivity index (χ3n) is 27.0. The summed E-state index contributed by atoms with van der Waals surface area (Å²) in [5, 5.41) is 28.0. The van der Waals surface area contributed by atoms with Gasteiger partial charge in [-0.3, -0.25) is 0 Å². The molecule has 27 rings (SSSR count). The van der Waals surface area contributed by atoms with E-state index >= 15 is 0 Å². The average Bonchev–Trinajstić information content (AvgIpc) is 1.35. The van der Waals surface area contributed by atoms with Gasteiger partial charge >= 0.3 is 6.18 Å². The number of furan rings is 3. The summed E-state index contributed by atoms with van der Waals surface area (Å²) in [5.74, 6) is 0. The highest BCUT2D eigenvalue weighted by molar-refractivity contribution is 6.37. The summed E-state index contributed by atoms with van der Waals surface area (Å²) in [7, 11) is 0. The van der Waals surface area contributed by atoms with E-state index in [0.29, 0.717) is 0 Å². The molecule has 0 fully saturated rings. The first kappa shape index (κ1) is 77.5. The van der Waals surface area contributed by atoms with Crippen molar-refractivity contribution in [2.75, 3.05) is 9.80 Å². The molecule has 0 amide bonds. The Kier molecular flexibility index (Phi) is 18.0. The Labute approximate surface area is 757 Å². The summed E-state index contributed by atoms with van der Waals surface area (Å²) in [6.45, 7) is 6.38. The number of alkyl halides is 3. The maximum Gasteiger partial charge on any atom is 0.416 e. The number of anilines is 6. The molecule has 0 aliphatic carbocycles. The Balaban J connectivity index is 0.000000107. The summed E-state index contributed by atoms with van der Waals surface area (Å²) in [5.41, 5.74) is 26.3. The van der Waals surface area contributed by atoms with Crippen LogP contribution < -0.4 is 9.80 Å². The van der Waals surface area contributed by atoms with Crippen molar-refractivity contribution in [3.05, 3.63) is 447 Å². The largest absolute Gasteiger partial charge is 0.455 e.